The zero-order chi connectivity index (χ0) is 16.7. The van der Waals surface area contributed by atoms with Crippen LogP contribution in [0.2, 0.25) is 0 Å². The van der Waals surface area contributed by atoms with Crippen LogP contribution < -0.4 is 0 Å². The van der Waals surface area contributed by atoms with Crippen LogP contribution in [-0.2, 0) is 25.4 Å². The third kappa shape index (κ3) is 2.60. The molecular weight excluding hydrogens is 294 g/mol. The second-order valence-corrected chi connectivity index (χ2v) is 5.87. The molecule has 0 spiro atoms. The summed E-state index contributed by atoms with van der Waals surface area (Å²) in [6, 6.07) is 1.53. The molecule has 0 aromatic carbocycles. The molecule has 0 aliphatic carbocycles. The number of aromatic nitrogens is 6. The number of rotatable bonds is 4. The molecule has 23 heavy (non-hydrogen) atoms. The quantitative estimate of drug-likeness (QED) is 0.721. The molecule has 3 heterocycles. The maximum atomic E-state index is 12.7. The Morgan fingerprint density at radius 2 is 2.04 bits per heavy atom. The lowest BCUT2D eigenvalue weighted by Crippen LogP contribution is -2.33. The maximum Gasteiger partial charge on any atom is 0.247 e. The molecule has 0 aliphatic heterocycles. The first-order valence-corrected chi connectivity index (χ1v) is 7.48. The van der Waals surface area contributed by atoms with Crippen molar-refractivity contribution in [2.75, 3.05) is 7.05 Å². The van der Waals surface area contributed by atoms with Gasteiger partial charge in [-0.25, -0.2) is 0 Å². The van der Waals surface area contributed by atoms with Crippen LogP contribution in [0.15, 0.2) is 18.5 Å². The van der Waals surface area contributed by atoms with E-state index in [1.165, 1.54) is 0 Å². The highest BCUT2D eigenvalue weighted by atomic mass is 16.2. The Balaban J connectivity index is 1.80. The zero-order valence-corrected chi connectivity index (χ0v) is 14.1. The van der Waals surface area contributed by atoms with E-state index in [1.54, 1.807) is 32.2 Å². The Labute approximate surface area is 134 Å². The second kappa shape index (κ2) is 5.53. The predicted molar refractivity (Wildman–Crippen MR) is 85.6 cm³/mol. The normalized spacial score (nSPS) is 12.7. The van der Waals surface area contributed by atoms with Gasteiger partial charge in [0.25, 0.3) is 0 Å². The van der Waals surface area contributed by atoms with Gasteiger partial charge in [-0.15, -0.1) is 0 Å². The van der Waals surface area contributed by atoms with Crippen LogP contribution in [0.4, 0.5) is 0 Å². The van der Waals surface area contributed by atoms with Crippen LogP contribution in [0.3, 0.4) is 0 Å². The van der Waals surface area contributed by atoms with Gasteiger partial charge in [0.05, 0.1) is 24.1 Å². The van der Waals surface area contributed by atoms with Gasteiger partial charge in [-0.3, -0.25) is 18.8 Å². The van der Waals surface area contributed by atoms with Gasteiger partial charge in [0.2, 0.25) is 5.91 Å². The van der Waals surface area contributed by atoms with Crippen molar-refractivity contribution in [3.8, 4) is 0 Å². The summed E-state index contributed by atoms with van der Waals surface area (Å²) in [6.07, 6.45) is 3.60. The van der Waals surface area contributed by atoms with E-state index in [9.17, 15) is 4.79 Å². The molecule has 1 atom stereocenters. The monoisotopic (exact) mass is 315 g/mol. The van der Waals surface area contributed by atoms with Crippen LogP contribution in [0.5, 0.6) is 0 Å². The van der Waals surface area contributed by atoms with E-state index in [0.29, 0.717) is 6.54 Å². The van der Waals surface area contributed by atoms with E-state index < -0.39 is 0 Å². The first-order valence-electron chi connectivity index (χ1n) is 7.48. The lowest BCUT2D eigenvalue weighted by molar-refractivity contribution is -0.133. The number of amides is 1. The van der Waals surface area contributed by atoms with E-state index in [2.05, 4.69) is 15.3 Å². The van der Waals surface area contributed by atoms with E-state index in [1.807, 2.05) is 40.2 Å². The van der Waals surface area contributed by atoms with Crippen molar-refractivity contribution in [3.63, 3.8) is 0 Å². The van der Waals surface area contributed by atoms with E-state index in [4.69, 9.17) is 0 Å². The van der Waals surface area contributed by atoms with Crippen molar-refractivity contribution >= 4 is 16.9 Å². The highest BCUT2D eigenvalue weighted by Gasteiger charge is 2.22. The first kappa shape index (κ1) is 15.3. The summed E-state index contributed by atoms with van der Waals surface area (Å²) in [5.74, 6) is 0.00428. The molecule has 122 valence electrons. The van der Waals surface area contributed by atoms with Crippen molar-refractivity contribution in [3.05, 3.63) is 29.8 Å². The third-order valence-electron chi connectivity index (χ3n) is 4.16. The molecule has 0 aliphatic rings. The lowest BCUT2D eigenvalue weighted by Gasteiger charge is -2.21. The van der Waals surface area contributed by atoms with E-state index in [-0.39, 0.29) is 11.9 Å². The molecule has 8 heteroatoms. The van der Waals surface area contributed by atoms with Crippen LogP contribution in [0.1, 0.15) is 24.4 Å². The lowest BCUT2D eigenvalue weighted by atomic mass is 10.3. The number of fused-ring (bicyclic) bond motifs is 1. The van der Waals surface area contributed by atoms with Crippen molar-refractivity contribution in [2.24, 2.45) is 14.1 Å². The minimum atomic E-state index is -0.375. The number of nitrogens with zero attached hydrogens (tertiary/aromatic N) is 7. The zero-order valence-electron chi connectivity index (χ0n) is 14.1. The fourth-order valence-corrected chi connectivity index (χ4v) is 2.71. The topological polar surface area (TPSA) is 73.8 Å². The molecule has 0 unspecified atom stereocenters. The molecule has 3 aromatic heterocycles. The molecule has 0 saturated heterocycles. The summed E-state index contributed by atoms with van der Waals surface area (Å²) in [7, 11) is 5.54. The highest BCUT2D eigenvalue weighted by Crippen LogP contribution is 2.19. The number of carbonyl (C=O) groups excluding carboxylic acids is 1. The van der Waals surface area contributed by atoms with Crippen LogP contribution in [0, 0.1) is 6.92 Å². The summed E-state index contributed by atoms with van der Waals surface area (Å²) < 4.78 is 5.26. The molecule has 8 nitrogen and oxygen atoms in total. The van der Waals surface area contributed by atoms with Gasteiger partial charge >= 0.3 is 0 Å². The number of hydrogen-bond donors (Lipinski definition) is 0. The largest absolute Gasteiger partial charge is 0.338 e. The average Bonchev–Trinajstić information content (AvgIpc) is 3.18. The van der Waals surface area contributed by atoms with E-state index >= 15 is 0 Å². The predicted octanol–water partition coefficient (Wildman–Crippen LogP) is 1.03. The molecule has 0 radical (unpaired) electrons. The Kier molecular flexibility index (Phi) is 3.67. The van der Waals surface area contributed by atoms with Gasteiger partial charge in [0.1, 0.15) is 17.1 Å². The molecular formula is C15H21N7O. The van der Waals surface area contributed by atoms with Crippen molar-refractivity contribution < 1.29 is 4.79 Å². The van der Waals surface area contributed by atoms with E-state index in [0.717, 1.165) is 22.4 Å². The van der Waals surface area contributed by atoms with Crippen LogP contribution >= 0.6 is 0 Å². The second-order valence-electron chi connectivity index (χ2n) is 5.87. The molecule has 0 fully saturated rings. The molecule has 3 rings (SSSR count). The Hall–Kier alpha value is -2.64. The average molecular weight is 315 g/mol. The smallest absolute Gasteiger partial charge is 0.247 e. The fraction of sp³-hybridized carbons (Fsp3) is 0.467. The maximum absolute atomic E-state index is 12.7. The number of hydrogen-bond acceptors (Lipinski definition) is 4. The fourth-order valence-electron chi connectivity index (χ4n) is 2.71. The molecule has 1 amide bonds. The van der Waals surface area contributed by atoms with Crippen molar-refractivity contribution in [1.29, 1.82) is 0 Å². The Morgan fingerprint density at radius 3 is 2.65 bits per heavy atom. The molecule has 0 N–H and O–H groups in total. The third-order valence-corrected chi connectivity index (χ3v) is 4.16. The van der Waals surface area contributed by atoms with Crippen molar-refractivity contribution in [1.82, 2.24) is 34.2 Å². The number of carbonyl (C=O) groups is 1. The summed E-state index contributed by atoms with van der Waals surface area (Å²) in [4.78, 5) is 14.4. The SMILES string of the molecule is Cc1nn(C)c2cn([C@@H](C)C(=O)N(C)Cc3ccnn3C)nc12. The standard InChI is InChI=1S/C15H21N7O/c1-10-14-13(21(5)17-10)9-22(18-14)11(2)15(23)19(3)8-12-6-7-16-20(12)4/h6-7,9,11H,8H2,1-5H3/t11-/m0/s1. The van der Waals surface area contributed by atoms with Gasteiger partial charge in [-0.2, -0.15) is 15.3 Å². The van der Waals surface area contributed by atoms with Crippen LogP contribution in [-0.4, -0.2) is 47.2 Å². The van der Waals surface area contributed by atoms with Gasteiger partial charge in [-0.05, 0) is 19.9 Å². The summed E-state index contributed by atoms with van der Waals surface area (Å²) in [5, 5.41) is 13.0. The Bertz CT molecular complexity index is 822. The number of likely N-dealkylation sites (N-methyl/N-ethyl adjacent to an activating group) is 1. The van der Waals surface area contributed by atoms with Crippen LogP contribution in [0.25, 0.3) is 11.0 Å². The highest BCUT2D eigenvalue weighted by molar-refractivity contribution is 5.81. The minimum absolute atomic E-state index is 0.00428. The van der Waals surface area contributed by atoms with Crippen molar-refractivity contribution in [2.45, 2.75) is 26.4 Å². The summed E-state index contributed by atoms with van der Waals surface area (Å²) in [5.41, 5.74) is 3.61. The summed E-state index contributed by atoms with van der Waals surface area (Å²) in [6.45, 7) is 4.29. The van der Waals surface area contributed by atoms with Gasteiger partial charge < -0.3 is 4.90 Å². The first-order chi connectivity index (χ1) is 10.9. The minimum Gasteiger partial charge on any atom is -0.338 e. The number of aryl methyl sites for hydroxylation is 3. The van der Waals surface area contributed by atoms with Gasteiger partial charge in [0.15, 0.2) is 0 Å². The molecule has 3 aromatic rings. The van der Waals surface area contributed by atoms with Gasteiger partial charge in [0, 0.05) is 27.3 Å². The molecule has 0 saturated carbocycles. The summed E-state index contributed by atoms with van der Waals surface area (Å²) >= 11 is 0. The van der Waals surface area contributed by atoms with Gasteiger partial charge in [-0.1, -0.05) is 0 Å². The Morgan fingerprint density at radius 1 is 1.30 bits per heavy atom. The molecule has 0 bridgehead atoms.